The molecular formula is C15H24N2O3S. The fourth-order valence-corrected chi connectivity index (χ4v) is 4.37. The van der Waals surface area contributed by atoms with Crippen molar-refractivity contribution in [3.8, 4) is 0 Å². The zero-order valence-corrected chi connectivity index (χ0v) is 13.7. The van der Waals surface area contributed by atoms with Crippen molar-refractivity contribution < 1.29 is 13.2 Å². The Hall–Kier alpha value is -0.950. The second-order valence-corrected chi connectivity index (χ2v) is 7.18. The Morgan fingerprint density at radius 1 is 1.19 bits per heavy atom. The molecule has 0 bridgehead atoms. The number of rotatable bonds is 5. The molecule has 1 aliphatic rings. The quantitative estimate of drug-likeness (QED) is 0.836. The molecule has 0 aliphatic carbocycles. The van der Waals surface area contributed by atoms with Crippen molar-refractivity contribution in [2.24, 2.45) is 0 Å². The number of hydrogen-bond donors (Lipinski definition) is 0. The van der Waals surface area contributed by atoms with Gasteiger partial charge in [-0.25, -0.2) is 0 Å². The fraction of sp³-hybridized carbons (Fsp3) is 0.600. The first kappa shape index (κ1) is 16.4. The van der Waals surface area contributed by atoms with Crippen molar-refractivity contribution in [3.05, 3.63) is 35.9 Å². The van der Waals surface area contributed by atoms with E-state index in [-0.39, 0.29) is 12.2 Å². The Morgan fingerprint density at radius 2 is 1.81 bits per heavy atom. The number of ether oxygens (including phenoxy) is 1. The Bertz CT molecular complexity index is 543. The Kier molecular flexibility index (Phi) is 5.37. The van der Waals surface area contributed by atoms with E-state index in [1.54, 1.807) is 4.31 Å². The lowest BCUT2D eigenvalue weighted by Gasteiger charge is -2.38. The minimum Gasteiger partial charge on any atom is -0.368 e. The van der Waals surface area contributed by atoms with Crippen LogP contribution in [0, 0.1) is 0 Å². The van der Waals surface area contributed by atoms with Crippen LogP contribution in [0.25, 0.3) is 0 Å². The molecule has 118 valence electrons. The molecule has 1 aromatic carbocycles. The molecule has 1 heterocycles. The van der Waals surface area contributed by atoms with E-state index in [1.165, 1.54) is 4.31 Å². The minimum absolute atomic E-state index is 0.116. The highest BCUT2D eigenvalue weighted by Crippen LogP contribution is 2.27. The zero-order valence-electron chi connectivity index (χ0n) is 12.9. The van der Waals surface area contributed by atoms with E-state index in [0.717, 1.165) is 5.56 Å². The summed E-state index contributed by atoms with van der Waals surface area (Å²) < 4.78 is 34.3. The van der Waals surface area contributed by atoms with Crippen LogP contribution in [0.5, 0.6) is 0 Å². The zero-order chi connectivity index (χ0) is 15.5. The van der Waals surface area contributed by atoms with Gasteiger partial charge in [-0.15, -0.1) is 0 Å². The first-order valence-corrected chi connectivity index (χ1v) is 8.84. The number of benzene rings is 1. The van der Waals surface area contributed by atoms with Crippen LogP contribution in [0.2, 0.25) is 0 Å². The topological polar surface area (TPSA) is 49.9 Å². The van der Waals surface area contributed by atoms with Crippen LogP contribution in [0.4, 0.5) is 0 Å². The van der Waals surface area contributed by atoms with Crippen molar-refractivity contribution in [1.82, 2.24) is 8.61 Å². The van der Waals surface area contributed by atoms with Crippen molar-refractivity contribution in [1.29, 1.82) is 0 Å². The average molecular weight is 312 g/mol. The molecule has 0 spiro atoms. The molecule has 0 amide bonds. The van der Waals surface area contributed by atoms with Crippen LogP contribution < -0.4 is 0 Å². The van der Waals surface area contributed by atoms with Crippen LogP contribution in [0.1, 0.15) is 32.4 Å². The average Bonchev–Trinajstić information content (AvgIpc) is 2.48. The first-order valence-electron chi connectivity index (χ1n) is 7.44. The fourth-order valence-electron chi connectivity index (χ4n) is 2.67. The second kappa shape index (κ2) is 6.87. The molecule has 5 nitrogen and oxygen atoms in total. The molecule has 1 saturated heterocycles. The van der Waals surface area contributed by atoms with Gasteiger partial charge in [0.05, 0.1) is 12.2 Å². The molecule has 21 heavy (non-hydrogen) atoms. The molecule has 1 fully saturated rings. The summed E-state index contributed by atoms with van der Waals surface area (Å²) in [6, 6.07) is 9.79. The standard InChI is InChI=1S/C15H24N2O3S/c1-4-16(5-2)21(18,19)17-11-13(3)20-15(12-17)14-9-7-6-8-10-14/h6-10,13,15H,4-5,11-12H2,1-3H3. The van der Waals surface area contributed by atoms with Gasteiger partial charge in [0.2, 0.25) is 0 Å². The van der Waals surface area contributed by atoms with Crippen LogP contribution in [-0.4, -0.2) is 49.3 Å². The van der Waals surface area contributed by atoms with E-state index in [1.807, 2.05) is 51.1 Å². The van der Waals surface area contributed by atoms with E-state index in [4.69, 9.17) is 4.74 Å². The summed E-state index contributed by atoms with van der Waals surface area (Å²) in [5.74, 6) is 0. The second-order valence-electron chi connectivity index (χ2n) is 5.26. The maximum Gasteiger partial charge on any atom is 0.282 e. The van der Waals surface area contributed by atoms with Gasteiger partial charge in [-0.2, -0.15) is 17.0 Å². The molecule has 0 saturated carbocycles. The highest BCUT2D eigenvalue weighted by molar-refractivity contribution is 7.86. The molecule has 2 atom stereocenters. The summed E-state index contributed by atoms with van der Waals surface area (Å²) in [6.07, 6.45) is -0.324. The van der Waals surface area contributed by atoms with Crippen molar-refractivity contribution in [3.63, 3.8) is 0 Å². The summed E-state index contributed by atoms with van der Waals surface area (Å²) in [7, 11) is -3.41. The third-order valence-electron chi connectivity index (χ3n) is 3.76. The monoisotopic (exact) mass is 312 g/mol. The summed E-state index contributed by atoms with van der Waals surface area (Å²) in [5.41, 5.74) is 1.02. The Morgan fingerprint density at radius 3 is 2.38 bits per heavy atom. The SMILES string of the molecule is CCN(CC)S(=O)(=O)N1CC(C)OC(c2ccccc2)C1. The lowest BCUT2D eigenvalue weighted by atomic mass is 10.1. The van der Waals surface area contributed by atoms with E-state index < -0.39 is 10.2 Å². The van der Waals surface area contributed by atoms with Gasteiger partial charge in [0.1, 0.15) is 0 Å². The van der Waals surface area contributed by atoms with Crippen LogP contribution in [-0.2, 0) is 14.9 Å². The number of morpholine rings is 1. The van der Waals surface area contributed by atoms with Gasteiger partial charge in [-0.1, -0.05) is 44.2 Å². The molecule has 1 aromatic rings. The summed E-state index contributed by atoms with van der Waals surface area (Å²) in [6.45, 7) is 7.38. The normalized spacial score (nSPS) is 24.4. The number of nitrogens with zero attached hydrogens (tertiary/aromatic N) is 2. The van der Waals surface area contributed by atoms with Crippen LogP contribution in [0.15, 0.2) is 30.3 Å². The van der Waals surface area contributed by atoms with Crippen molar-refractivity contribution >= 4 is 10.2 Å². The van der Waals surface area contributed by atoms with Crippen LogP contribution in [0.3, 0.4) is 0 Å². The Labute approximate surface area is 127 Å². The maximum atomic E-state index is 12.7. The van der Waals surface area contributed by atoms with Gasteiger partial charge >= 0.3 is 0 Å². The smallest absolute Gasteiger partial charge is 0.282 e. The van der Waals surface area contributed by atoms with E-state index in [2.05, 4.69) is 0 Å². The van der Waals surface area contributed by atoms with Crippen molar-refractivity contribution in [2.45, 2.75) is 33.0 Å². The molecule has 0 radical (unpaired) electrons. The lowest BCUT2D eigenvalue weighted by Crippen LogP contribution is -2.51. The third kappa shape index (κ3) is 3.63. The van der Waals surface area contributed by atoms with E-state index in [0.29, 0.717) is 26.2 Å². The van der Waals surface area contributed by atoms with Gasteiger partial charge in [0.15, 0.2) is 0 Å². The van der Waals surface area contributed by atoms with Gasteiger partial charge in [-0.3, -0.25) is 0 Å². The van der Waals surface area contributed by atoms with E-state index >= 15 is 0 Å². The molecule has 6 heteroatoms. The first-order chi connectivity index (χ1) is 9.98. The molecule has 0 N–H and O–H groups in total. The summed E-state index contributed by atoms with van der Waals surface area (Å²) >= 11 is 0. The van der Waals surface area contributed by atoms with Gasteiger partial charge < -0.3 is 4.74 Å². The predicted octanol–water partition coefficient (Wildman–Crippen LogP) is 2.03. The highest BCUT2D eigenvalue weighted by atomic mass is 32.2. The molecule has 1 aliphatic heterocycles. The minimum atomic E-state index is -3.41. The summed E-state index contributed by atoms with van der Waals surface area (Å²) in [4.78, 5) is 0. The Balaban J connectivity index is 2.22. The third-order valence-corrected chi connectivity index (χ3v) is 5.88. The van der Waals surface area contributed by atoms with Gasteiger partial charge in [0.25, 0.3) is 10.2 Å². The molecule has 2 unspecified atom stereocenters. The van der Waals surface area contributed by atoms with Gasteiger partial charge in [0, 0.05) is 26.2 Å². The maximum absolute atomic E-state index is 12.7. The molecular weight excluding hydrogens is 288 g/mol. The van der Waals surface area contributed by atoms with Crippen molar-refractivity contribution in [2.75, 3.05) is 26.2 Å². The largest absolute Gasteiger partial charge is 0.368 e. The van der Waals surface area contributed by atoms with Crippen LogP contribution >= 0.6 is 0 Å². The van der Waals surface area contributed by atoms with Gasteiger partial charge in [-0.05, 0) is 12.5 Å². The number of hydrogen-bond acceptors (Lipinski definition) is 3. The predicted molar refractivity (Wildman–Crippen MR) is 83.1 cm³/mol. The lowest BCUT2D eigenvalue weighted by molar-refractivity contribution is -0.0569. The molecule has 0 aromatic heterocycles. The highest BCUT2D eigenvalue weighted by Gasteiger charge is 2.35. The summed E-state index contributed by atoms with van der Waals surface area (Å²) in [5, 5.41) is 0. The van der Waals surface area contributed by atoms with E-state index in [9.17, 15) is 8.42 Å². The molecule has 2 rings (SSSR count).